The second kappa shape index (κ2) is 16.0. The van der Waals surface area contributed by atoms with Gasteiger partial charge >= 0.3 is 0 Å². The summed E-state index contributed by atoms with van der Waals surface area (Å²) in [6.07, 6.45) is -4.62. The van der Waals surface area contributed by atoms with E-state index < -0.39 is 80.0 Å². The van der Waals surface area contributed by atoms with E-state index in [0.29, 0.717) is 30.1 Å². The van der Waals surface area contributed by atoms with Gasteiger partial charge in [0.2, 0.25) is 0 Å². The quantitative estimate of drug-likeness (QED) is 0.126. The van der Waals surface area contributed by atoms with Crippen molar-refractivity contribution in [3.05, 3.63) is 23.3 Å². The van der Waals surface area contributed by atoms with Gasteiger partial charge in [0.1, 0.15) is 48.8 Å². The lowest BCUT2D eigenvalue weighted by atomic mass is 9.38. The van der Waals surface area contributed by atoms with Crippen LogP contribution in [0.1, 0.15) is 100 Å². The summed E-state index contributed by atoms with van der Waals surface area (Å²) in [5.41, 5.74) is 2.29. The van der Waals surface area contributed by atoms with Gasteiger partial charge in [-0.3, -0.25) is 0 Å². The SMILES string of the molecule is CC(C)=CC/C=C(\C)[C@H]1CC[C@@]2(C)[C@H]1[C@@H](O)C[C@H]1[C@H]2[C@H](C)C[C@@H]2C(C)(C)[C@H](O[C@@H]3O[C@H](CO)[C@@H](O)[C@H](O)[C@H]3O[C@@H]3O[C@H](CO)[C@@H](O)[C@H](O)[C@H]3O)CC[C@@]21C. The molecule has 54 heavy (non-hydrogen) atoms. The van der Waals surface area contributed by atoms with E-state index in [1.54, 1.807) is 0 Å². The lowest BCUT2D eigenvalue weighted by Crippen LogP contribution is -2.66. The van der Waals surface area contributed by atoms with E-state index in [4.69, 9.17) is 18.9 Å². The van der Waals surface area contributed by atoms with Crippen LogP contribution in [0.4, 0.5) is 0 Å². The fraction of sp³-hybridized carbons (Fsp3) is 0.905. The van der Waals surface area contributed by atoms with Gasteiger partial charge in [0, 0.05) is 0 Å². The Labute approximate surface area is 321 Å². The first-order valence-corrected chi connectivity index (χ1v) is 20.5. The molecule has 0 unspecified atom stereocenters. The van der Waals surface area contributed by atoms with Crippen LogP contribution in [-0.2, 0) is 18.9 Å². The molecule has 6 aliphatic rings. The minimum absolute atomic E-state index is 0.0324. The summed E-state index contributed by atoms with van der Waals surface area (Å²) in [4.78, 5) is 0. The molecule has 6 fully saturated rings. The summed E-state index contributed by atoms with van der Waals surface area (Å²) in [6, 6.07) is 0. The van der Waals surface area contributed by atoms with Crippen LogP contribution >= 0.6 is 0 Å². The van der Waals surface area contributed by atoms with Gasteiger partial charge in [-0.05, 0) is 117 Å². The lowest BCUT2D eigenvalue weighted by molar-refractivity contribution is -0.378. The fourth-order valence-electron chi connectivity index (χ4n) is 12.9. The van der Waals surface area contributed by atoms with E-state index in [0.717, 1.165) is 38.5 Å². The minimum atomic E-state index is -1.74. The molecule has 8 N–H and O–H groups in total. The molecule has 0 aromatic heterocycles. The number of fused-ring (bicyclic) bond motifs is 5. The van der Waals surface area contributed by atoms with Crippen molar-refractivity contribution >= 4 is 0 Å². The smallest absolute Gasteiger partial charge is 0.187 e. The topological polar surface area (TPSA) is 199 Å². The third kappa shape index (κ3) is 7.21. The molecule has 20 atom stereocenters. The molecule has 310 valence electrons. The van der Waals surface area contributed by atoms with Crippen molar-refractivity contribution in [3.8, 4) is 0 Å². The predicted molar refractivity (Wildman–Crippen MR) is 199 cm³/mol. The maximum atomic E-state index is 12.1. The summed E-state index contributed by atoms with van der Waals surface area (Å²) < 4.78 is 24.4. The van der Waals surface area contributed by atoms with E-state index in [2.05, 4.69) is 67.5 Å². The third-order valence-corrected chi connectivity index (χ3v) is 15.6. The fourth-order valence-corrected chi connectivity index (χ4v) is 12.9. The van der Waals surface area contributed by atoms with Gasteiger partial charge in [0.25, 0.3) is 0 Å². The van der Waals surface area contributed by atoms with Crippen LogP contribution in [0.25, 0.3) is 0 Å². The number of aliphatic hydroxyl groups is 8. The second-order valence-electron chi connectivity index (χ2n) is 19.3. The molecule has 0 bridgehead atoms. The zero-order valence-electron chi connectivity index (χ0n) is 33.6. The Hall–Kier alpha value is -1.00. The van der Waals surface area contributed by atoms with Crippen LogP contribution < -0.4 is 0 Å². The number of hydrogen-bond donors (Lipinski definition) is 8. The second-order valence-corrected chi connectivity index (χ2v) is 19.3. The number of ether oxygens (including phenoxy) is 4. The number of rotatable bonds is 9. The third-order valence-electron chi connectivity index (χ3n) is 15.6. The molecule has 6 rings (SSSR count). The van der Waals surface area contributed by atoms with E-state index in [-0.39, 0.29) is 34.9 Å². The van der Waals surface area contributed by atoms with E-state index in [9.17, 15) is 40.9 Å². The molecular weight excluding hydrogens is 696 g/mol. The summed E-state index contributed by atoms with van der Waals surface area (Å²) in [7, 11) is 0. The van der Waals surface area contributed by atoms with Crippen molar-refractivity contribution < 1.29 is 59.8 Å². The molecule has 2 aliphatic heterocycles. The van der Waals surface area contributed by atoms with Crippen molar-refractivity contribution in [3.63, 3.8) is 0 Å². The minimum Gasteiger partial charge on any atom is -0.394 e. The van der Waals surface area contributed by atoms with Crippen LogP contribution in [0, 0.1) is 51.8 Å². The van der Waals surface area contributed by atoms with Gasteiger partial charge in [-0.2, -0.15) is 0 Å². The molecule has 2 heterocycles. The van der Waals surface area contributed by atoms with E-state index in [1.807, 2.05) is 0 Å². The summed E-state index contributed by atoms with van der Waals surface area (Å²) in [6.45, 7) is 17.0. The highest BCUT2D eigenvalue weighted by Crippen LogP contribution is 2.72. The Morgan fingerprint density at radius 3 is 1.94 bits per heavy atom. The summed E-state index contributed by atoms with van der Waals surface area (Å²) in [5.74, 6) is 2.09. The normalized spacial score (nSPS) is 51.9. The molecule has 0 amide bonds. The first kappa shape index (κ1) is 42.6. The average Bonchev–Trinajstić information content (AvgIpc) is 3.48. The Bertz CT molecular complexity index is 1360. The Balaban J connectivity index is 1.23. The molecular formula is C42H70O12. The molecule has 0 aromatic rings. The van der Waals surface area contributed by atoms with E-state index >= 15 is 0 Å². The highest BCUT2D eigenvalue weighted by Gasteiger charge is 2.68. The number of aliphatic hydroxyl groups excluding tert-OH is 8. The van der Waals surface area contributed by atoms with Crippen molar-refractivity contribution in [1.82, 2.24) is 0 Å². The van der Waals surface area contributed by atoms with Gasteiger partial charge in [-0.15, -0.1) is 0 Å². The Kier molecular flexibility index (Phi) is 12.6. The molecule has 2 saturated heterocycles. The largest absolute Gasteiger partial charge is 0.394 e. The monoisotopic (exact) mass is 766 g/mol. The number of hydrogen-bond acceptors (Lipinski definition) is 12. The van der Waals surface area contributed by atoms with Gasteiger partial charge < -0.3 is 59.8 Å². The Morgan fingerprint density at radius 1 is 0.704 bits per heavy atom. The molecule has 0 spiro atoms. The zero-order chi connectivity index (χ0) is 39.7. The van der Waals surface area contributed by atoms with Crippen molar-refractivity contribution in [2.24, 2.45) is 51.8 Å². The highest BCUT2D eigenvalue weighted by atomic mass is 16.8. The maximum absolute atomic E-state index is 12.1. The number of allylic oxidation sites excluding steroid dienone is 4. The van der Waals surface area contributed by atoms with Crippen LogP contribution in [-0.4, -0.2) is 128 Å². The predicted octanol–water partition coefficient (Wildman–Crippen LogP) is 2.81. The van der Waals surface area contributed by atoms with Crippen molar-refractivity contribution in [1.29, 1.82) is 0 Å². The van der Waals surface area contributed by atoms with Crippen molar-refractivity contribution in [2.45, 2.75) is 174 Å². The molecule has 12 heteroatoms. The molecule has 0 aromatic carbocycles. The molecule has 4 aliphatic carbocycles. The van der Waals surface area contributed by atoms with Gasteiger partial charge in [-0.25, -0.2) is 0 Å². The van der Waals surface area contributed by atoms with Gasteiger partial charge in [0.15, 0.2) is 12.6 Å². The molecule has 0 radical (unpaired) electrons. The summed E-state index contributed by atoms with van der Waals surface area (Å²) >= 11 is 0. The van der Waals surface area contributed by atoms with Crippen LogP contribution in [0.5, 0.6) is 0 Å². The van der Waals surface area contributed by atoms with Gasteiger partial charge in [-0.1, -0.05) is 57.9 Å². The highest BCUT2D eigenvalue weighted by molar-refractivity contribution is 5.21. The van der Waals surface area contributed by atoms with Crippen LogP contribution in [0.2, 0.25) is 0 Å². The van der Waals surface area contributed by atoms with Crippen molar-refractivity contribution in [2.75, 3.05) is 13.2 Å². The standard InChI is InChI=1S/C42H70O12/c1-20(2)10-9-11-21(3)23-12-14-42(8)30-22(4)16-28-40(5,6)29(13-15-41(28,7)24(30)17-25(45)31(23)42)53-39-37(35(49)33(47)27(19-44)52-39)54-38-36(50)34(48)32(46)26(18-43)51-38/h10-11,22-39,43-50H,9,12-19H2,1-8H3/b21-11+/t22-,23-,24+,25+,26-,27-,28-,29-,30-,31-,32-,33-,34+,35+,36-,37-,38+,39+,41-,42-/m1/s1. The van der Waals surface area contributed by atoms with Gasteiger partial charge in [0.05, 0.1) is 25.4 Å². The first-order valence-electron chi connectivity index (χ1n) is 20.5. The summed E-state index contributed by atoms with van der Waals surface area (Å²) in [5, 5.41) is 85.4. The maximum Gasteiger partial charge on any atom is 0.187 e. The molecule has 4 saturated carbocycles. The van der Waals surface area contributed by atoms with Crippen LogP contribution in [0.15, 0.2) is 23.3 Å². The van der Waals surface area contributed by atoms with Crippen LogP contribution in [0.3, 0.4) is 0 Å². The Morgan fingerprint density at radius 2 is 1.31 bits per heavy atom. The average molecular weight is 767 g/mol. The lowest BCUT2D eigenvalue weighted by Gasteiger charge is -2.68. The molecule has 12 nitrogen and oxygen atoms in total. The first-order chi connectivity index (χ1) is 25.3. The zero-order valence-corrected chi connectivity index (χ0v) is 33.6. The van der Waals surface area contributed by atoms with E-state index in [1.165, 1.54) is 11.1 Å².